The standard InChI is InChI=1S/C13H20N4OS/c1-9(2)8-16(3)12(18)10-11(14)15-13(19-10)17-6-4-5-7-17/h1,4-8,14H2,2-3H3. The lowest BCUT2D eigenvalue weighted by Gasteiger charge is -2.16. The van der Waals surface area contributed by atoms with Crippen LogP contribution in [0.1, 0.15) is 29.4 Å². The van der Waals surface area contributed by atoms with Gasteiger partial charge in [0.05, 0.1) is 0 Å². The SMILES string of the molecule is C=C(C)CN(C)C(=O)c1sc(N2CCCC2)nc1N. The summed E-state index contributed by atoms with van der Waals surface area (Å²) in [6.07, 6.45) is 2.36. The zero-order valence-corrected chi connectivity index (χ0v) is 12.3. The van der Waals surface area contributed by atoms with E-state index in [0.717, 1.165) is 23.8 Å². The number of amides is 1. The quantitative estimate of drug-likeness (QED) is 0.857. The van der Waals surface area contributed by atoms with Crippen LogP contribution in [0.25, 0.3) is 0 Å². The van der Waals surface area contributed by atoms with E-state index < -0.39 is 0 Å². The van der Waals surface area contributed by atoms with Gasteiger partial charge in [0.25, 0.3) is 5.91 Å². The monoisotopic (exact) mass is 280 g/mol. The van der Waals surface area contributed by atoms with E-state index in [0.29, 0.717) is 17.2 Å². The van der Waals surface area contributed by atoms with Gasteiger partial charge in [-0.2, -0.15) is 0 Å². The summed E-state index contributed by atoms with van der Waals surface area (Å²) in [5, 5.41) is 0.863. The number of carbonyl (C=O) groups is 1. The molecule has 1 aliphatic heterocycles. The number of hydrogen-bond donors (Lipinski definition) is 1. The lowest BCUT2D eigenvalue weighted by atomic mass is 10.3. The van der Waals surface area contributed by atoms with Crippen LogP contribution in [0.15, 0.2) is 12.2 Å². The molecule has 1 aliphatic rings. The van der Waals surface area contributed by atoms with E-state index in [-0.39, 0.29) is 5.91 Å². The first-order valence-electron chi connectivity index (χ1n) is 6.40. The second-order valence-corrected chi connectivity index (χ2v) is 6.00. The molecule has 2 rings (SSSR count). The highest BCUT2D eigenvalue weighted by Gasteiger charge is 2.23. The number of nitrogens with two attached hydrogens (primary N) is 1. The third kappa shape index (κ3) is 3.07. The van der Waals surface area contributed by atoms with E-state index in [1.807, 2.05) is 6.92 Å². The maximum absolute atomic E-state index is 12.3. The average Bonchev–Trinajstić information content (AvgIpc) is 2.95. The molecule has 104 valence electrons. The van der Waals surface area contributed by atoms with E-state index in [1.54, 1.807) is 11.9 Å². The molecule has 5 nitrogen and oxygen atoms in total. The molecule has 2 heterocycles. The Bertz CT molecular complexity index is 491. The summed E-state index contributed by atoms with van der Waals surface area (Å²) in [4.78, 5) is 21.0. The number of likely N-dealkylation sites (N-methyl/N-ethyl adjacent to an activating group) is 1. The Hall–Kier alpha value is -1.56. The summed E-state index contributed by atoms with van der Waals surface area (Å²) in [5.41, 5.74) is 6.82. The zero-order valence-electron chi connectivity index (χ0n) is 11.5. The van der Waals surface area contributed by atoms with E-state index in [1.165, 1.54) is 24.2 Å². The minimum Gasteiger partial charge on any atom is -0.382 e. The smallest absolute Gasteiger partial charge is 0.267 e. The molecule has 1 amide bonds. The molecular formula is C13H20N4OS. The predicted molar refractivity (Wildman–Crippen MR) is 79.7 cm³/mol. The van der Waals surface area contributed by atoms with Crippen LogP contribution < -0.4 is 10.6 Å². The number of aromatic nitrogens is 1. The van der Waals surface area contributed by atoms with Gasteiger partial charge >= 0.3 is 0 Å². The van der Waals surface area contributed by atoms with E-state index in [4.69, 9.17) is 5.73 Å². The molecule has 1 fully saturated rings. The molecule has 0 radical (unpaired) electrons. The molecule has 1 aromatic rings. The van der Waals surface area contributed by atoms with E-state index >= 15 is 0 Å². The topological polar surface area (TPSA) is 62.5 Å². The second kappa shape index (κ2) is 5.61. The van der Waals surface area contributed by atoms with Crippen molar-refractivity contribution >= 4 is 28.2 Å². The second-order valence-electron chi connectivity index (χ2n) is 5.02. The summed E-state index contributed by atoms with van der Waals surface area (Å²) in [7, 11) is 1.76. The molecular weight excluding hydrogens is 260 g/mol. The fourth-order valence-corrected chi connectivity index (χ4v) is 3.20. The highest BCUT2D eigenvalue weighted by atomic mass is 32.1. The number of nitrogen functional groups attached to an aromatic ring is 1. The van der Waals surface area contributed by atoms with Gasteiger partial charge in [0, 0.05) is 26.7 Å². The summed E-state index contributed by atoms with van der Waals surface area (Å²) < 4.78 is 0. The Morgan fingerprint density at radius 2 is 2.16 bits per heavy atom. The third-order valence-electron chi connectivity index (χ3n) is 3.07. The van der Waals surface area contributed by atoms with Crippen LogP contribution in [0.4, 0.5) is 10.9 Å². The summed E-state index contributed by atoms with van der Waals surface area (Å²) >= 11 is 1.39. The first kappa shape index (κ1) is 13.9. The van der Waals surface area contributed by atoms with Gasteiger partial charge in [-0.05, 0) is 19.8 Å². The Morgan fingerprint density at radius 1 is 1.53 bits per heavy atom. The van der Waals surface area contributed by atoms with Crippen LogP contribution in [0.3, 0.4) is 0 Å². The van der Waals surface area contributed by atoms with Crippen molar-refractivity contribution in [2.24, 2.45) is 0 Å². The normalized spacial score (nSPS) is 14.7. The van der Waals surface area contributed by atoms with Crippen molar-refractivity contribution in [1.82, 2.24) is 9.88 Å². The third-order valence-corrected chi connectivity index (χ3v) is 4.19. The van der Waals surface area contributed by atoms with Crippen molar-refractivity contribution in [3.8, 4) is 0 Å². The predicted octanol–water partition coefficient (Wildman–Crippen LogP) is 1.97. The molecule has 0 spiro atoms. The van der Waals surface area contributed by atoms with Crippen molar-refractivity contribution in [2.45, 2.75) is 19.8 Å². The fraction of sp³-hybridized carbons (Fsp3) is 0.538. The van der Waals surface area contributed by atoms with Crippen LogP contribution in [-0.2, 0) is 0 Å². The van der Waals surface area contributed by atoms with Gasteiger partial charge in [-0.25, -0.2) is 4.98 Å². The van der Waals surface area contributed by atoms with Gasteiger partial charge in [-0.1, -0.05) is 23.5 Å². The van der Waals surface area contributed by atoms with Crippen LogP contribution in [-0.4, -0.2) is 42.5 Å². The molecule has 19 heavy (non-hydrogen) atoms. The van der Waals surface area contributed by atoms with Gasteiger partial charge in [-0.15, -0.1) is 0 Å². The van der Waals surface area contributed by atoms with Crippen LogP contribution in [0, 0.1) is 0 Å². The van der Waals surface area contributed by atoms with Gasteiger partial charge in [-0.3, -0.25) is 4.79 Å². The van der Waals surface area contributed by atoms with Crippen molar-refractivity contribution in [1.29, 1.82) is 0 Å². The molecule has 1 aromatic heterocycles. The maximum atomic E-state index is 12.3. The minimum atomic E-state index is -0.0801. The number of hydrogen-bond acceptors (Lipinski definition) is 5. The molecule has 6 heteroatoms. The Labute approximate surface area is 117 Å². The average molecular weight is 280 g/mol. The number of thiazole rings is 1. The molecule has 0 unspecified atom stereocenters. The van der Waals surface area contributed by atoms with E-state index in [9.17, 15) is 4.79 Å². The summed E-state index contributed by atoms with van der Waals surface area (Å²) in [6, 6.07) is 0. The first-order valence-corrected chi connectivity index (χ1v) is 7.21. The van der Waals surface area contributed by atoms with Crippen molar-refractivity contribution in [3.63, 3.8) is 0 Å². The van der Waals surface area contributed by atoms with Gasteiger partial charge < -0.3 is 15.5 Å². The van der Waals surface area contributed by atoms with Crippen LogP contribution >= 0.6 is 11.3 Å². The minimum absolute atomic E-state index is 0.0801. The molecule has 0 bridgehead atoms. The van der Waals surface area contributed by atoms with Gasteiger partial charge in [0.15, 0.2) is 5.13 Å². The van der Waals surface area contributed by atoms with Crippen molar-refractivity contribution in [2.75, 3.05) is 37.3 Å². The van der Waals surface area contributed by atoms with Gasteiger partial charge in [0.2, 0.25) is 0 Å². The maximum Gasteiger partial charge on any atom is 0.267 e. The molecule has 0 aliphatic carbocycles. The summed E-state index contributed by atoms with van der Waals surface area (Å²) in [6.45, 7) is 8.26. The molecule has 1 saturated heterocycles. The summed E-state index contributed by atoms with van der Waals surface area (Å²) in [5.74, 6) is 0.258. The molecule has 0 aromatic carbocycles. The number of carbonyl (C=O) groups excluding carboxylic acids is 1. The van der Waals surface area contributed by atoms with E-state index in [2.05, 4.69) is 16.5 Å². The fourth-order valence-electron chi connectivity index (χ4n) is 2.17. The molecule has 2 N–H and O–H groups in total. The Morgan fingerprint density at radius 3 is 2.74 bits per heavy atom. The van der Waals surface area contributed by atoms with Gasteiger partial charge in [0.1, 0.15) is 10.7 Å². The lowest BCUT2D eigenvalue weighted by molar-refractivity contribution is 0.0812. The molecule has 0 atom stereocenters. The van der Waals surface area contributed by atoms with Crippen molar-refractivity contribution < 1.29 is 4.79 Å². The number of anilines is 2. The lowest BCUT2D eigenvalue weighted by Crippen LogP contribution is -2.28. The highest BCUT2D eigenvalue weighted by molar-refractivity contribution is 7.18. The largest absolute Gasteiger partial charge is 0.382 e. The number of nitrogens with zero attached hydrogens (tertiary/aromatic N) is 3. The Kier molecular flexibility index (Phi) is 4.09. The zero-order chi connectivity index (χ0) is 14.0. The Balaban J connectivity index is 2.15. The number of rotatable bonds is 4. The van der Waals surface area contributed by atoms with Crippen molar-refractivity contribution in [3.05, 3.63) is 17.0 Å². The molecule has 0 saturated carbocycles. The van der Waals surface area contributed by atoms with Crippen LogP contribution in [0.5, 0.6) is 0 Å². The first-order chi connectivity index (χ1) is 8.99. The highest BCUT2D eigenvalue weighted by Crippen LogP contribution is 2.31. The van der Waals surface area contributed by atoms with Crippen LogP contribution in [0.2, 0.25) is 0 Å².